The number of hydrogen-bond acceptors (Lipinski definition) is 7. The van der Waals surface area contributed by atoms with Crippen LogP contribution < -0.4 is 15.8 Å². The number of carbonyl (C=O) groups excluding carboxylic acids is 2. The van der Waals surface area contributed by atoms with Crippen molar-refractivity contribution >= 4 is 22.9 Å². The number of rotatable bonds is 8. The number of aliphatic hydroxyl groups is 1. The highest BCUT2D eigenvalue weighted by atomic mass is 19.2. The lowest BCUT2D eigenvalue weighted by atomic mass is 9.80. The molecule has 5 aromatic rings. The number of primary amides is 1. The van der Waals surface area contributed by atoms with E-state index in [1.54, 1.807) is 48.5 Å². The molecular weight excluding hydrogens is 601 g/mol. The molecule has 234 valence electrons. The van der Waals surface area contributed by atoms with Gasteiger partial charge in [0, 0.05) is 28.7 Å². The van der Waals surface area contributed by atoms with Gasteiger partial charge in [0.15, 0.2) is 23.1 Å². The summed E-state index contributed by atoms with van der Waals surface area (Å²) in [6, 6.07) is 15.5. The molecule has 4 N–H and O–H groups in total. The Bertz CT molecular complexity index is 2050. The Kier molecular flexibility index (Phi) is 6.85. The first-order valence-corrected chi connectivity index (χ1v) is 14.6. The van der Waals surface area contributed by atoms with Crippen molar-refractivity contribution in [2.24, 2.45) is 5.73 Å². The molecule has 1 aliphatic carbocycles. The number of nitrogens with one attached hydrogen (secondary N) is 1. The highest BCUT2D eigenvalue weighted by Gasteiger charge is 2.46. The van der Waals surface area contributed by atoms with E-state index in [0.717, 1.165) is 12.8 Å². The monoisotopic (exact) mass is 628 g/mol. The molecule has 2 aromatic heterocycles. The van der Waals surface area contributed by atoms with E-state index in [9.17, 15) is 23.5 Å². The molecular formula is C34H27F3N4O5. The molecule has 46 heavy (non-hydrogen) atoms. The summed E-state index contributed by atoms with van der Waals surface area (Å²) in [5, 5.41) is 15.1. The van der Waals surface area contributed by atoms with Gasteiger partial charge in [0.25, 0.3) is 5.91 Å². The number of aromatic nitrogens is 2. The Labute approximate surface area is 260 Å². The van der Waals surface area contributed by atoms with E-state index in [4.69, 9.17) is 14.9 Å². The van der Waals surface area contributed by atoms with Gasteiger partial charge in [-0.25, -0.2) is 23.1 Å². The Balaban J connectivity index is 1.33. The number of ether oxygens (including phenoxy) is 1. The molecule has 2 amide bonds. The van der Waals surface area contributed by atoms with E-state index in [2.05, 4.69) is 15.3 Å². The van der Waals surface area contributed by atoms with Crippen LogP contribution in [0.2, 0.25) is 0 Å². The average Bonchev–Trinajstić information content (AvgIpc) is 3.72. The van der Waals surface area contributed by atoms with Gasteiger partial charge >= 0.3 is 0 Å². The van der Waals surface area contributed by atoms with Gasteiger partial charge in [-0.05, 0) is 55.7 Å². The molecule has 2 aliphatic rings. The van der Waals surface area contributed by atoms with E-state index in [1.165, 1.54) is 13.0 Å². The van der Waals surface area contributed by atoms with Crippen LogP contribution >= 0.6 is 0 Å². The molecule has 3 aromatic carbocycles. The highest BCUT2D eigenvalue weighted by molar-refractivity contribution is 5.97. The number of hydrogen-bond donors (Lipinski definition) is 3. The normalized spacial score (nSPS) is 18.5. The number of nitrogens with two attached hydrogens (primary N) is 1. The Morgan fingerprint density at radius 3 is 2.48 bits per heavy atom. The summed E-state index contributed by atoms with van der Waals surface area (Å²) in [5.74, 6) is -4.36. The zero-order chi connectivity index (χ0) is 32.4. The Hall–Kier alpha value is -5.23. The number of oxazole rings is 1. The van der Waals surface area contributed by atoms with Gasteiger partial charge in [-0.3, -0.25) is 9.59 Å². The predicted molar refractivity (Wildman–Crippen MR) is 159 cm³/mol. The maximum absolute atomic E-state index is 15.2. The molecule has 0 spiro atoms. The second-order valence-electron chi connectivity index (χ2n) is 11.9. The van der Waals surface area contributed by atoms with E-state index < -0.39 is 52.4 Å². The molecule has 3 heterocycles. The molecule has 0 radical (unpaired) electrons. The highest BCUT2D eigenvalue weighted by Crippen LogP contribution is 2.47. The summed E-state index contributed by atoms with van der Waals surface area (Å²) < 4.78 is 55.1. The number of fused-ring (bicyclic) bond motifs is 2. The molecule has 1 aliphatic heterocycles. The van der Waals surface area contributed by atoms with Gasteiger partial charge in [0.05, 0.1) is 12.2 Å². The zero-order valence-corrected chi connectivity index (χ0v) is 24.4. The molecule has 2 atom stereocenters. The third kappa shape index (κ3) is 4.85. The summed E-state index contributed by atoms with van der Waals surface area (Å²) in [7, 11) is 0. The van der Waals surface area contributed by atoms with Crippen molar-refractivity contribution in [3.8, 4) is 17.0 Å². The quantitative estimate of drug-likeness (QED) is 0.206. The minimum atomic E-state index is -2.08. The van der Waals surface area contributed by atoms with E-state index in [1.807, 2.05) is 0 Å². The number of carbonyl (C=O) groups is 2. The van der Waals surface area contributed by atoms with Crippen molar-refractivity contribution in [3.63, 3.8) is 0 Å². The Morgan fingerprint density at radius 1 is 1.02 bits per heavy atom. The van der Waals surface area contributed by atoms with Crippen molar-refractivity contribution in [3.05, 3.63) is 112 Å². The number of amides is 2. The van der Waals surface area contributed by atoms with Crippen LogP contribution in [-0.2, 0) is 15.8 Å². The number of nitrogens with zero attached hydrogens (tertiary/aromatic N) is 2. The van der Waals surface area contributed by atoms with Gasteiger partial charge in [-0.1, -0.05) is 30.3 Å². The molecule has 0 saturated heterocycles. The minimum absolute atomic E-state index is 0.0691. The maximum Gasteiger partial charge on any atom is 0.251 e. The molecule has 0 bridgehead atoms. The third-order valence-electron chi connectivity index (χ3n) is 8.66. The molecule has 1 fully saturated rings. The van der Waals surface area contributed by atoms with Gasteiger partial charge in [0.2, 0.25) is 5.91 Å². The predicted octanol–water partition coefficient (Wildman–Crippen LogP) is 4.99. The van der Waals surface area contributed by atoms with Gasteiger partial charge in [-0.15, -0.1) is 0 Å². The molecule has 9 nitrogen and oxygen atoms in total. The summed E-state index contributed by atoms with van der Waals surface area (Å²) in [6.45, 7) is 0.833. The van der Waals surface area contributed by atoms with Crippen LogP contribution in [0.1, 0.15) is 58.8 Å². The summed E-state index contributed by atoms with van der Waals surface area (Å²) in [6.07, 6.45) is 2.01. The fourth-order valence-corrected chi connectivity index (χ4v) is 5.64. The lowest BCUT2D eigenvalue weighted by Gasteiger charge is -2.30. The van der Waals surface area contributed by atoms with E-state index in [-0.39, 0.29) is 40.8 Å². The SMILES string of the molecule is C[C@]1(C(N)=O)COc2c1cc([C@@](O)(CNC(=O)c1ccc3nc(C4CC4)oc3c1)c1ccccc1)nc2-c1cc(F)c(F)cc1F. The van der Waals surface area contributed by atoms with Crippen molar-refractivity contribution in [2.75, 3.05) is 13.2 Å². The van der Waals surface area contributed by atoms with E-state index >= 15 is 4.39 Å². The van der Waals surface area contributed by atoms with Crippen LogP contribution in [0.15, 0.2) is 71.1 Å². The second-order valence-corrected chi connectivity index (χ2v) is 11.9. The molecule has 7 rings (SSSR count). The van der Waals surface area contributed by atoms with Gasteiger partial charge in [0.1, 0.15) is 40.4 Å². The van der Waals surface area contributed by atoms with Gasteiger partial charge in [-0.2, -0.15) is 0 Å². The van der Waals surface area contributed by atoms with Crippen molar-refractivity contribution < 1.29 is 37.0 Å². The van der Waals surface area contributed by atoms with Crippen LogP contribution in [-0.4, -0.2) is 40.0 Å². The van der Waals surface area contributed by atoms with E-state index in [0.29, 0.717) is 34.7 Å². The first-order valence-electron chi connectivity index (χ1n) is 14.6. The van der Waals surface area contributed by atoms with Crippen LogP contribution in [0.4, 0.5) is 13.2 Å². The first-order chi connectivity index (χ1) is 22.0. The van der Waals surface area contributed by atoms with Crippen LogP contribution in [0, 0.1) is 17.5 Å². The number of pyridine rings is 1. The molecule has 1 saturated carbocycles. The van der Waals surface area contributed by atoms with Crippen molar-refractivity contribution in [1.82, 2.24) is 15.3 Å². The molecule has 12 heteroatoms. The van der Waals surface area contributed by atoms with Crippen molar-refractivity contribution in [1.29, 1.82) is 0 Å². The lowest BCUT2D eigenvalue weighted by molar-refractivity contribution is -0.123. The number of halogens is 3. The van der Waals surface area contributed by atoms with Crippen LogP contribution in [0.25, 0.3) is 22.4 Å². The largest absolute Gasteiger partial charge is 0.489 e. The minimum Gasteiger partial charge on any atom is -0.489 e. The van der Waals surface area contributed by atoms with Crippen LogP contribution in [0.3, 0.4) is 0 Å². The van der Waals surface area contributed by atoms with Crippen LogP contribution in [0.5, 0.6) is 5.75 Å². The summed E-state index contributed by atoms with van der Waals surface area (Å²) in [4.78, 5) is 35.1. The zero-order valence-electron chi connectivity index (χ0n) is 24.4. The smallest absolute Gasteiger partial charge is 0.251 e. The summed E-state index contributed by atoms with van der Waals surface area (Å²) in [5.41, 5.74) is 3.14. The maximum atomic E-state index is 15.2. The fourth-order valence-electron chi connectivity index (χ4n) is 5.64. The first kappa shape index (κ1) is 29.5. The lowest BCUT2D eigenvalue weighted by Crippen LogP contribution is -2.43. The topological polar surface area (TPSA) is 141 Å². The number of benzene rings is 3. The van der Waals surface area contributed by atoms with Gasteiger partial charge < -0.3 is 25.3 Å². The standard InChI is InChI=1S/C34H27F3N4O5/c1-33(32(38)43)16-45-29-21(33)13-27(41-28(29)20-12-23(36)24(37)14-22(20)35)34(44,19-5-3-2-4-6-19)15-39-30(42)18-9-10-25-26(11-18)46-31(40-25)17-7-8-17/h2-6,9-14,17,44H,7-8,15-16H2,1H3,(H2,38,43)(H,39,42)/t33-,34+/m0/s1. The fraction of sp³-hybridized carbons (Fsp3) is 0.235. The third-order valence-corrected chi connectivity index (χ3v) is 8.66. The van der Waals surface area contributed by atoms with Crippen molar-refractivity contribution in [2.45, 2.75) is 36.7 Å². The second kappa shape index (κ2) is 10.7. The Morgan fingerprint density at radius 2 is 1.76 bits per heavy atom. The summed E-state index contributed by atoms with van der Waals surface area (Å²) >= 11 is 0. The average molecular weight is 629 g/mol. The molecule has 0 unspecified atom stereocenters.